The van der Waals surface area contributed by atoms with Gasteiger partial charge < -0.3 is 9.80 Å². The van der Waals surface area contributed by atoms with Crippen LogP contribution in [-0.2, 0) is 0 Å². The average Bonchev–Trinajstić information content (AvgIpc) is 2.47. The molecule has 3 rings (SSSR count). The molecule has 1 aliphatic heterocycles. The Labute approximate surface area is 114 Å². The summed E-state index contributed by atoms with van der Waals surface area (Å²) in [6.45, 7) is 2.22. The Kier molecular flexibility index (Phi) is 3.38. The molecule has 99 valence electrons. The largest absolute Gasteiger partial charge is 0.371 e. The summed E-state index contributed by atoms with van der Waals surface area (Å²) in [6.07, 6.45) is 4.30. The number of hydrogen-bond acceptors (Lipinski definition) is 3. The molecule has 3 heteroatoms. The van der Waals surface area contributed by atoms with Gasteiger partial charge in [0.2, 0.25) is 0 Å². The lowest BCUT2D eigenvalue weighted by atomic mass is 10.0. The van der Waals surface area contributed by atoms with E-state index in [-0.39, 0.29) is 0 Å². The van der Waals surface area contributed by atoms with Crippen LogP contribution in [0.5, 0.6) is 0 Å². The number of fused-ring (bicyclic) bond motifs is 1. The Morgan fingerprint density at radius 3 is 2.84 bits per heavy atom. The molecule has 1 saturated heterocycles. The van der Waals surface area contributed by atoms with Gasteiger partial charge in [-0.3, -0.25) is 4.98 Å². The molecule has 2 aromatic rings. The third kappa shape index (κ3) is 2.56. The average molecular weight is 254 g/mol. The highest BCUT2D eigenvalue weighted by Crippen LogP contribution is 2.24. The molecular formula is C16H20N3. The zero-order valence-electron chi connectivity index (χ0n) is 11.6. The second kappa shape index (κ2) is 5.17. The van der Waals surface area contributed by atoms with Gasteiger partial charge in [0.05, 0.1) is 5.52 Å². The van der Waals surface area contributed by atoms with Gasteiger partial charge >= 0.3 is 0 Å². The normalized spacial score (nSPS) is 17.3. The lowest BCUT2D eigenvalue weighted by Crippen LogP contribution is -2.42. The Balaban J connectivity index is 1.78. The van der Waals surface area contributed by atoms with Crippen molar-refractivity contribution in [3.8, 4) is 0 Å². The molecule has 1 aliphatic rings. The van der Waals surface area contributed by atoms with Gasteiger partial charge in [-0.2, -0.15) is 0 Å². The summed E-state index contributed by atoms with van der Waals surface area (Å²) in [5, 5.41) is 1.16. The van der Waals surface area contributed by atoms with Crippen molar-refractivity contribution >= 4 is 16.6 Å². The van der Waals surface area contributed by atoms with Crippen LogP contribution in [0.1, 0.15) is 12.8 Å². The maximum absolute atomic E-state index is 4.42. The SMILES string of the molecule is CN(C)C1CCN(c2[c]cc3cccnc3c2)CC1. The Morgan fingerprint density at radius 2 is 2.11 bits per heavy atom. The van der Waals surface area contributed by atoms with Crippen molar-refractivity contribution in [3.63, 3.8) is 0 Å². The predicted molar refractivity (Wildman–Crippen MR) is 79.5 cm³/mol. The predicted octanol–water partition coefficient (Wildman–Crippen LogP) is 2.57. The fourth-order valence-corrected chi connectivity index (χ4v) is 2.80. The summed E-state index contributed by atoms with van der Waals surface area (Å²) in [5.74, 6) is 0. The van der Waals surface area contributed by atoms with Crippen LogP contribution in [0.2, 0.25) is 0 Å². The van der Waals surface area contributed by atoms with E-state index >= 15 is 0 Å². The van der Waals surface area contributed by atoms with Crippen LogP contribution in [0.25, 0.3) is 10.9 Å². The second-order valence-corrected chi connectivity index (χ2v) is 5.48. The van der Waals surface area contributed by atoms with E-state index in [1.54, 1.807) is 0 Å². The third-order valence-corrected chi connectivity index (χ3v) is 4.06. The van der Waals surface area contributed by atoms with Gasteiger partial charge in [0.25, 0.3) is 0 Å². The van der Waals surface area contributed by atoms with Crippen molar-refractivity contribution < 1.29 is 0 Å². The molecule has 0 amide bonds. The van der Waals surface area contributed by atoms with E-state index < -0.39 is 0 Å². The van der Waals surface area contributed by atoms with Crippen LogP contribution >= 0.6 is 0 Å². The number of anilines is 1. The fourth-order valence-electron chi connectivity index (χ4n) is 2.80. The maximum Gasteiger partial charge on any atom is 0.0723 e. The monoisotopic (exact) mass is 254 g/mol. The van der Waals surface area contributed by atoms with Gasteiger partial charge in [-0.15, -0.1) is 0 Å². The molecule has 0 N–H and O–H groups in total. The van der Waals surface area contributed by atoms with E-state index in [0.717, 1.165) is 30.0 Å². The smallest absolute Gasteiger partial charge is 0.0723 e. The van der Waals surface area contributed by atoms with Crippen LogP contribution in [0.4, 0.5) is 5.69 Å². The number of rotatable bonds is 2. The van der Waals surface area contributed by atoms with E-state index in [1.807, 2.05) is 12.3 Å². The second-order valence-electron chi connectivity index (χ2n) is 5.48. The molecule has 19 heavy (non-hydrogen) atoms. The summed E-state index contributed by atoms with van der Waals surface area (Å²) in [4.78, 5) is 9.19. The number of pyridine rings is 1. The highest BCUT2D eigenvalue weighted by atomic mass is 15.2. The lowest BCUT2D eigenvalue weighted by Gasteiger charge is -2.36. The van der Waals surface area contributed by atoms with Gasteiger partial charge in [-0.1, -0.05) is 6.07 Å². The molecule has 3 nitrogen and oxygen atoms in total. The van der Waals surface area contributed by atoms with Crippen molar-refractivity contribution in [2.24, 2.45) is 0 Å². The van der Waals surface area contributed by atoms with Gasteiger partial charge in [0, 0.05) is 42.5 Å². The molecule has 0 unspecified atom stereocenters. The molecule has 1 radical (unpaired) electrons. The van der Waals surface area contributed by atoms with E-state index in [9.17, 15) is 0 Å². The molecule has 1 fully saturated rings. The zero-order chi connectivity index (χ0) is 13.2. The lowest BCUT2D eigenvalue weighted by molar-refractivity contribution is 0.249. The standard InChI is InChI=1S/C16H20N3/c1-18(2)14-7-10-19(11-8-14)15-6-5-13-4-3-9-17-16(13)12-15/h3-5,9,12,14H,7-8,10-11H2,1-2H3. The van der Waals surface area contributed by atoms with Crippen molar-refractivity contribution in [1.82, 2.24) is 9.88 Å². The van der Waals surface area contributed by atoms with Crippen molar-refractivity contribution in [1.29, 1.82) is 0 Å². The Morgan fingerprint density at radius 1 is 1.32 bits per heavy atom. The molecule has 0 spiro atoms. The number of nitrogens with zero attached hydrogens (tertiary/aromatic N) is 3. The Hall–Kier alpha value is -1.61. The summed E-state index contributed by atoms with van der Waals surface area (Å²) in [7, 11) is 4.35. The summed E-state index contributed by atoms with van der Waals surface area (Å²) in [6, 6.07) is 12.4. The molecule has 0 aliphatic carbocycles. The number of benzene rings is 1. The zero-order valence-corrected chi connectivity index (χ0v) is 11.6. The number of hydrogen-bond donors (Lipinski definition) is 0. The highest BCUT2D eigenvalue weighted by Gasteiger charge is 2.20. The molecule has 0 saturated carbocycles. The third-order valence-electron chi connectivity index (χ3n) is 4.06. The molecule has 1 aromatic heterocycles. The topological polar surface area (TPSA) is 19.4 Å². The van der Waals surface area contributed by atoms with E-state index in [1.165, 1.54) is 18.5 Å². The minimum Gasteiger partial charge on any atom is -0.371 e. The van der Waals surface area contributed by atoms with Crippen LogP contribution < -0.4 is 4.90 Å². The van der Waals surface area contributed by atoms with Gasteiger partial charge in [-0.05, 0) is 45.1 Å². The minimum atomic E-state index is 0.717. The van der Waals surface area contributed by atoms with Crippen molar-refractivity contribution in [2.75, 3.05) is 32.1 Å². The first kappa shape index (κ1) is 12.4. The molecular weight excluding hydrogens is 234 g/mol. The van der Waals surface area contributed by atoms with Crippen LogP contribution in [0.15, 0.2) is 30.5 Å². The van der Waals surface area contributed by atoms with Crippen LogP contribution in [-0.4, -0.2) is 43.1 Å². The van der Waals surface area contributed by atoms with Crippen molar-refractivity contribution in [2.45, 2.75) is 18.9 Å². The van der Waals surface area contributed by atoms with Gasteiger partial charge in [0.15, 0.2) is 0 Å². The summed E-state index contributed by atoms with van der Waals surface area (Å²) < 4.78 is 0. The number of aromatic nitrogens is 1. The van der Waals surface area contributed by atoms with Crippen LogP contribution in [0, 0.1) is 6.07 Å². The molecule has 1 aromatic carbocycles. The van der Waals surface area contributed by atoms with E-state index in [4.69, 9.17) is 0 Å². The first-order valence-electron chi connectivity index (χ1n) is 6.92. The molecule has 0 bridgehead atoms. The quantitative estimate of drug-likeness (QED) is 0.821. The highest BCUT2D eigenvalue weighted by molar-refractivity contribution is 5.81. The summed E-state index contributed by atoms with van der Waals surface area (Å²) >= 11 is 0. The fraction of sp³-hybridized carbons (Fsp3) is 0.438. The number of piperidine rings is 1. The first-order chi connectivity index (χ1) is 9.24. The molecule has 2 heterocycles. The van der Waals surface area contributed by atoms with Crippen molar-refractivity contribution in [3.05, 3.63) is 36.5 Å². The van der Waals surface area contributed by atoms with E-state index in [2.05, 4.69) is 53.1 Å². The van der Waals surface area contributed by atoms with Crippen LogP contribution in [0.3, 0.4) is 0 Å². The van der Waals surface area contributed by atoms with E-state index in [0.29, 0.717) is 0 Å². The first-order valence-corrected chi connectivity index (χ1v) is 6.92. The molecule has 0 atom stereocenters. The Bertz CT molecular complexity index is 557. The van der Waals surface area contributed by atoms with Gasteiger partial charge in [0.1, 0.15) is 0 Å². The minimum absolute atomic E-state index is 0.717. The van der Waals surface area contributed by atoms with Gasteiger partial charge in [-0.25, -0.2) is 0 Å². The summed E-state index contributed by atoms with van der Waals surface area (Å²) in [5.41, 5.74) is 2.24. The maximum atomic E-state index is 4.42.